The van der Waals surface area contributed by atoms with Crippen molar-refractivity contribution in [3.63, 3.8) is 0 Å². The largest absolute Gasteiger partial charge is 0.468 e. The molecule has 0 spiro atoms. The van der Waals surface area contributed by atoms with E-state index in [9.17, 15) is 24.0 Å². The van der Waals surface area contributed by atoms with Gasteiger partial charge in [-0.2, -0.15) is 0 Å². The number of hydrogen-bond donors (Lipinski definition) is 1. The van der Waals surface area contributed by atoms with E-state index in [1.807, 2.05) is 0 Å². The second-order valence-electron chi connectivity index (χ2n) is 5.32. The van der Waals surface area contributed by atoms with E-state index in [2.05, 4.69) is 4.74 Å². The Morgan fingerprint density at radius 2 is 2.04 bits per heavy atom. The summed E-state index contributed by atoms with van der Waals surface area (Å²) in [7, 11) is 1.13. The minimum Gasteiger partial charge on any atom is -0.468 e. The maximum atomic E-state index is 12.5. The van der Waals surface area contributed by atoms with Crippen LogP contribution in [-0.4, -0.2) is 59.1 Å². The molecule has 126 valence electrons. The zero-order chi connectivity index (χ0) is 17.6. The average molecular weight is 351 g/mol. The quantitative estimate of drug-likeness (QED) is 0.580. The molecule has 2 N–H and O–H groups in total. The first kappa shape index (κ1) is 16.1. The highest BCUT2D eigenvalue weighted by molar-refractivity contribution is 7.14. The Balaban J connectivity index is 1.89. The van der Waals surface area contributed by atoms with Gasteiger partial charge in [0, 0.05) is 11.8 Å². The van der Waals surface area contributed by atoms with Gasteiger partial charge in [-0.1, -0.05) is 0 Å². The van der Waals surface area contributed by atoms with Gasteiger partial charge in [-0.3, -0.25) is 33.8 Å². The van der Waals surface area contributed by atoms with Gasteiger partial charge in [0.25, 0.3) is 17.7 Å². The van der Waals surface area contributed by atoms with Crippen molar-refractivity contribution in [3.8, 4) is 0 Å². The number of piperidine rings is 1. The van der Waals surface area contributed by atoms with Crippen molar-refractivity contribution >= 4 is 45.9 Å². The molecule has 0 radical (unpaired) electrons. The van der Waals surface area contributed by atoms with Crippen LogP contribution in [0.2, 0.25) is 0 Å². The van der Waals surface area contributed by atoms with Crippen molar-refractivity contribution in [1.29, 1.82) is 0 Å². The number of fused-ring (bicyclic) bond motifs is 1. The molecule has 1 unspecified atom stereocenters. The summed E-state index contributed by atoms with van der Waals surface area (Å²) >= 11 is 1.07. The van der Waals surface area contributed by atoms with Crippen molar-refractivity contribution in [2.24, 2.45) is 0 Å². The maximum absolute atomic E-state index is 12.5. The van der Waals surface area contributed by atoms with Crippen molar-refractivity contribution in [2.45, 2.75) is 18.9 Å². The summed E-state index contributed by atoms with van der Waals surface area (Å²) in [6.07, 6.45) is -0.0484. The van der Waals surface area contributed by atoms with Gasteiger partial charge in [0.15, 0.2) is 0 Å². The normalized spacial score (nSPS) is 20.6. The molecule has 24 heavy (non-hydrogen) atoms. The Hall–Kier alpha value is -2.75. The lowest BCUT2D eigenvalue weighted by molar-refractivity contribution is -0.158. The molecule has 3 heterocycles. The second kappa shape index (κ2) is 5.71. The average Bonchev–Trinajstić information content (AvgIpc) is 3.05. The van der Waals surface area contributed by atoms with Gasteiger partial charge in [-0.05, 0) is 6.42 Å². The minimum atomic E-state index is -1.14. The molecule has 0 bridgehead atoms. The van der Waals surface area contributed by atoms with E-state index in [4.69, 9.17) is 5.73 Å². The first-order chi connectivity index (χ1) is 11.4. The Bertz CT molecular complexity index is 785. The number of amides is 4. The molecule has 1 saturated heterocycles. The second-order valence-corrected chi connectivity index (χ2v) is 6.23. The van der Waals surface area contributed by atoms with Crippen LogP contribution in [-0.2, 0) is 19.1 Å². The Morgan fingerprint density at radius 1 is 1.33 bits per heavy atom. The number of esters is 1. The number of hydrogen-bond acceptors (Lipinski definition) is 8. The molecule has 0 aliphatic carbocycles. The molecule has 2 aliphatic rings. The van der Waals surface area contributed by atoms with E-state index < -0.39 is 42.2 Å². The monoisotopic (exact) mass is 351 g/mol. The fourth-order valence-corrected chi connectivity index (χ4v) is 3.58. The molecule has 0 aromatic carbocycles. The van der Waals surface area contributed by atoms with E-state index in [1.54, 1.807) is 0 Å². The number of nitrogen functional groups attached to an aromatic ring is 1. The van der Waals surface area contributed by atoms with Gasteiger partial charge in [0.1, 0.15) is 12.6 Å². The van der Waals surface area contributed by atoms with Gasteiger partial charge in [-0.25, -0.2) is 0 Å². The minimum absolute atomic E-state index is 0.0143. The van der Waals surface area contributed by atoms with E-state index >= 15 is 0 Å². The molecule has 2 aliphatic heterocycles. The number of anilines is 1. The highest BCUT2D eigenvalue weighted by Crippen LogP contribution is 2.35. The molecule has 1 atom stereocenters. The van der Waals surface area contributed by atoms with Crippen LogP contribution >= 0.6 is 11.3 Å². The smallest absolute Gasteiger partial charge is 0.325 e. The molecule has 9 nitrogen and oxygen atoms in total. The third-order valence-electron chi connectivity index (χ3n) is 4.01. The zero-order valence-corrected chi connectivity index (χ0v) is 13.4. The summed E-state index contributed by atoms with van der Waals surface area (Å²) in [5.74, 6) is -3.35. The fraction of sp³-hybridized carbons (Fsp3) is 0.357. The van der Waals surface area contributed by atoms with Crippen LogP contribution in [0.5, 0.6) is 0 Å². The zero-order valence-electron chi connectivity index (χ0n) is 12.6. The number of rotatable bonds is 3. The van der Waals surface area contributed by atoms with Crippen molar-refractivity contribution in [1.82, 2.24) is 9.80 Å². The number of imide groups is 2. The Morgan fingerprint density at radius 3 is 2.67 bits per heavy atom. The number of thiophene rings is 1. The number of nitrogens with two attached hydrogens (primary N) is 1. The number of likely N-dealkylation sites (tertiary alicyclic amines) is 1. The summed E-state index contributed by atoms with van der Waals surface area (Å²) in [5.41, 5.74) is 5.96. The van der Waals surface area contributed by atoms with Crippen LogP contribution in [0.1, 0.15) is 33.6 Å². The molecule has 1 aromatic rings. The van der Waals surface area contributed by atoms with Crippen LogP contribution in [0.25, 0.3) is 0 Å². The fourth-order valence-electron chi connectivity index (χ4n) is 2.80. The molecular weight excluding hydrogens is 338 g/mol. The summed E-state index contributed by atoms with van der Waals surface area (Å²) in [4.78, 5) is 62.3. The number of ether oxygens (including phenoxy) is 1. The Labute approximate surface area is 139 Å². The lowest BCUT2D eigenvalue weighted by Crippen LogP contribution is -2.57. The third kappa shape index (κ3) is 2.26. The molecule has 1 aromatic heterocycles. The van der Waals surface area contributed by atoms with Gasteiger partial charge in [0.2, 0.25) is 5.91 Å². The van der Waals surface area contributed by atoms with Gasteiger partial charge < -0.3 is 10.5 Å². The lowest BCUT2D eigenvalue weighted by Gasteiger charge is -2.33. The lowest BCUT2D eigenvalue weighted by atomic mass is 10.0. The van der Waals surface area contributed by atoms with Crippen molar-refractivity contribution in [2.75, 3.05) is 19.4 Å². The van der Waals surface area contributed by atoms with E-state index in [0.717, 1.165) is 28.2 Å². The van der Waals surface area contributed by atoms with Crippen molar-refractivity contribution < 1.29 is 28.7 Å². The number of methoxy groups -OCH3 is 1. The number of nitrogens with zero attached hydrogens (tertiary/aromatic N) is 2. The third-order valence-corrected chi connectivity index (χ3v) is 4.82. The molecule has 1 fully saturated rings. The van der Waals surface area contributed by atoms with E-state index in [0.29, 0.717) is 0 Å². The van der Waals surface area contributed by atoms with Crippen LogP contribution < -0.4 is 5.73 Å². The first-order valence-electron chi connectivity index (χ1n) is 7.02. The molecule has 3 rings (SSSR count). The summed E-state index contributed by atoms with van der Waals surface area (Å²) in [5, 5.41) is 1.67. The summed E-state index contributed by atoms with van der Waals surface area (Å²) < 4.78 is 4.46. The van der Waals surface area contributed by atoms with E-state index in [-0.39, 0.29) is 29.0 Å². The van der Waals surface area contributed by atoms with Crippen LogP contribution in [0.15, 0.2) is 5.38 Å². The highest BCUT2D eigenvalue weighted by Gasteiger charge is 2.48. The Kier molecular flexibility index (Phi) is 3.84. The first-order valence-corrected chi connectivity index (χ1v) is 7.90. The highest BCUT2D eigenvalue weighted by atomic mass is 32.1. The topological polar surface area (TPSA) is 127 Å². The predicted octanol–water partition coefficient (Wildman–Crippen LogP) is -0.383. The van der Waals surface area contributed by atoms with E-state index in [1.165, 1.54) is 5.38 Å². The van der Waals surface area contributed by atoms with Crippen LogP contribution in [0.3, 0.4) is 0 Å². The molecule has 0 saturated carbocycles. The van der Waals surface area contributed by atoms with Gasteiger partial charge >= 0.3 is 5.97 Å². The van der Waals surface area contributed by atoms with Gasteiger partial charge in [0.05, 0.1) is 23.2 Å². The summed E-state index contributed by atoms with van der Waals surface area (Å²) in [6, 6.07) is -1.14. The molecule has 10 heteroatoms. The van der Waals surface area contributed by atoms with Gasteiger partial charge in [-0.15, -0.1) is 11.3 Å². The standard InChI is InChI=1S/C14H13N3O6S/c1-23-9(19)4-16-8(18)3-2-7(13(16)21)17-12(20)6-5-24-11(15)10(6)14(17)22/h5,7H,2-4,15H2,1H3. The SMILES string of the molecule is COC(=O)CN1C(=O)CCC(N2C(=O)c3csc(N)c3C2=O)C1=O. The predicted molar refractivity (Wildman–Crippen MR) is 81.0 cm³/mol. The molecule has 4 amide bonds. The number of carbonyl (C=O) groups is 5. The number of carbonyl (C=O) groups excluding carboxylic acids is 5. The van der Waals surface area contributed by atoms with Crippen LogP contribution in [0.4, 0.5) is 5.00 Å². The van der Waals surface area contributed by atoms with Crippen LogP contribution in [0, 0.1) is 0 Å². The van der Waals surface area contributed by atoms with Crippen molar-refractivity contribution in [3.05, 3.63) is 16.5 Å². The summed E-state index contributed by atoms with van der Waals surface area (Å²) in [6.45, 7) is -0.551. The molecular formula is C14H13N3O6S. The maximum Gasteiger partial charge on any atom is 0.325 e.